The van der Waals surface area contributed by atoms with Gasteiger partial charge in [0.25, 0.3) is 0 Å². The quantitative estimate of drug-likeness (QED) is 0.364. The van der Waals surface area contributed by atoms with Crippen LogP contribution in [0.25, 0.3) is 11.8 Å². The van der Waals surface area contributed by atoms with Crippen LogP contribution in [0.15, 0.2) is 54.9 Å². The fraction of sp³-hybridized carbons (Fsp3) is 0.259. The molecule has 9 nitrogen and oxygen atoms in total. The van der Waals surface area contributed by atoms with E-state index >= 15 is 0 Å². The van der Waals surface area contributed by atoms with Crippen molar-refractivity contribution in [3.05, 3.63) is 93.5 Å². The van der Waals surface area contributed by atoms with Gasteiger partial charge in [-0.3, -0.25) is 14.3 Å². The number of tetrazole rings is 1. The number of carbonyl (C=O) groups is 2. The number of rotatable bonds is 6. The van der Waals surface area contributed by atoms with E-state index < -0.39 is 6.04 Å². The zero-order valence-corrected chi connectivity index (χ0v) is 21.6. The molecule has 2 aromatic heterocycles. The second kappa shape index (κ2) is 10.1. The normalized spacial score (nSPS) is 15.2. The van der Waals surface area contributed by atoms with E-state index in [2.05, 4.69) is 20.6 Å². The summed E-state index contributed by atoms with van der Waals surface area (Å²) in [6.45, 7) is 4.34. The van der Waals surface area contributed by atoms with Gasteiger partial charge in [-0.05, 0) is 54.1 Å². The molecule has 37 heavy (non-hydrogen) atoms. The fourth-order valence-corrected chi connectivity index (χ4v) is 4.90. The van der Waals surface area contributed by atoms with Gasteiger partial charge in [-0.1, -0.05) is 41.4 Å². The van der Waals surface area contributed by atoms with E-state index in [1.807, 2.05) is 45.2 Å². The lowest BCUT2D eigenvalue weighted by Gasteiger charge is -2.34. The van der Waals surface area contributed by atoms with Gasteiger partial charge in [0, 0.05) is 54.4 Å². The van der Waals surface area contributed by atoms with Crippen molar-refractivity contribution in [3.63, 3.8) is 0 Å². The summed E-state index contributed by atoms with van der Waals surface area (Å²) in [5.41, 5.74) is 5.96. The molecule has 1 aliphatic rings. The lowest BCUT2D eigenvalue weighted by atomic mass is 9.90. The summed E-state index contributed by atoms with van der Waals surface area (Å²) in [4.78, 5) is 28.9. The SMILES string of the molecule is Cc1ccc(CC(=O)C2c3c(nn(C)c3C)CCN2C(=O)/C=C/c2cc(Cl)ccc2-n2cnnn2)cc1. The molecule has 0 bridgehead atoms. The molecule has 1 aliphatic heterocycles. The predicted molar refractivity (Wildman–Crippen MR) is 139 cm³/mol. The van der Waals surface area contributed by atoms with E-state index in [9.17, 15) is 9.59 Å². The number of nitrogens with zero attached hydrogens (tertiary/aromatic N) is 7. The number of carbonyl (C=O) groups excluding carboxylic acids is 2. The summed E-state index contributed by atoms with van der Waals surface area (Å²) in [5.74, 6) is -0.307. The summed E-state index contributed by atoms with van der Waals surface area (Å²) in [7, 11) is 1.86. The third-order valence-corrected chi connectivity index (χ3v) is 6.94. The van der Waals surface area contributed by atoms with Crippen LogP contribution in [-0.2, 0) is 29.5 Å². The van der Waals surface area contributed by atoms with Crippen LogP contribution in [-0.4, -0.2) is 53.1 Å². The number of fused-ring (bicyclic) bond motifs is 1. The van der Waals surface area contributed by atoms with Gasteiger partial charge < -0.3 is 4.90 Å². The standard InChI is InChI=1S/C27H26ClN7O2/c1-17-4-6-19(7-5-17)14-24(36)27-26-18(2)33(3)30-22(26)12-13-34(27)25(37)11-8-20-15-21(28)9-10-23(20)35-16-29-31-32-35/h4-11,15-16,27H,12-14H2,1-3H3/b11-8+. The zero-order chi connectivity index (χ0) is 26.1. The summed E-state index contributed by atoms with van der Waals surface area (Å²) in [6, 6.07) is 12.4. The van der Waals surface area contributed by atoms with E-state index in [-0.39, 0.29) is 18.1 Å². The smallest absolute Gasteiger partial charge is 0.247 e. The molecular formula is C27H26ClN7O2. The molecule has 1 atom stereocenters. The molecule has 0 radical (unpaired) electrons. The first kappa shape index (κ1) is 24.6. The van der Waals surface area contributed by atoms with Gasteiger partial charge in [-0.25, -0.2) is 0 Å². The van der Waals surface area contributed by atoms with E-state index in [4.69, 9.17) is 11.6 Å². The first-order valence-corrected chi connectivity index (χ1v) is 12.3. The Hall–Kier alpha value is -4.11. The first-order valence-electron chi connectivity index (χ1n) is 11.9. The topological polar surface area (TPSA) is 98.8 Å². The second-order valence-corrected chi connectivity index (χ2v) is 9.61. The van der Waals surface area contributed by atoms with Crippen molar-refractivity contribution in [3.8, 4) is 5.69 Å². The largest absolute Gasteiger partial charge is 0.324 e. The highest BCUT2D eigenvalue weighted by atomic mass is 35.5. The lowest BCUT2D eigenvalue weighted by molar-refractivity contribution is -0.136. The van der Waals surface area contributed by atoms with Gasteiger partial charge in [0.15, 0.2) is 5.78 Å². The number of hydrogen-bond acceptors (Lipinski definition) is 6. The van der Waals surface area contributed by atoms with Crippen molar-refractivity contribution >= 4 is 29.4 Å². The van der Waals surface area contributed by atoms with Gasteiger partial charge in [0.1, 0.15) is 12.4 Å². The minimum atomic E-state index is -0.714. The minimum Gasteiger partial charge on any atom is -0.324 e. The van der Waals surface area contributed by atoms with Crippen LogP contribution in [0.1, 0.15) is 39.7 Å². The molecule has 0 fully saturated rings. The number of hydrogen-bond donors (Lipinski definition) is 0. The molecule has 188 valence electrons. The molecule has 5 rings (SSSR count). The Kier molecular flexibility index (Phi) is 6.71. The highest BCUT2D eigenvalue weighted by molar-refractivity contribution is 6.30. The molecule has 0 N–H and O–H groups in total. The third kappa shape index (κ3) is 4.95. The number of aromatic nitrogens is 6. The van der Waals surface area contributed by atoms with Gasteiger partial charge in [0.2, 0.25) is 5.91 Å². The Balaban J connectivity index is 1.47. The number of aryl methyl sites for hydroxylation is 2. The molecule has 10 heteroatoms. The number of Topliss-reactive ketones (excluding diaryl/α,β-unsaturated/α-hetero) is 1. The van der Waals surface area contributed by atoms with Gasteiger partial charge in [-0.2, -0.15) is 9.78 Å². The van der Waals surface area contributed by atoms with Gasteiger partial charge in [-0.15, -0.1) is 5.10 Å². The van der Waals surface area contributed by atoms with Crippen molar-refractivity contribution in [1.29, 1.82) is 0 Å². The Morgan fingerprint density at radius 2 is 1.92 bits per heavy atom. The maximum absolute atomic E-state index is 13.7. The lowest BCUT2D eigenvalue weighted by Crippen LogP contribution is -2.43. The maximum atomic E-state index is 13.7. The van der Waals surface area contributed by atoms with E-state index in [0.29, 0.717) is 29.2 Å². The molecule has 4 aromatic rings. The molecule has 2 aromatic carbocycles. The molecule has 1 amide bonds. The van der Waals surface area contributed by atoms with Gasteiger partial charge >= 0.3 is 0 Å². The highest BCUT2D eigenvalue weighted by Gasteiger charge is 2.38. The van der Waals surface area contributed by atoms with Crippen LogP contribution in [0.2, 0.25) is 5.02 Å². The summed E-state index contributed by atoms with van der Waals surface area (Å²) in [5, 5.41) is 16.4. The molecule has 1 unspecified atom stereocenters. The van der Waals surface area contributed by atoms with Gasteiger partial charge in [0.05, 0.1) is 11.4 Å². The number of ketones is 1. The number of benzene rings is 2. The van der Waals surface area contributed by atoms with Crippen LogP contribution in [0, 0.1) is 13.8 Å². The van der Waals surface area contributed by atoms with E-state index in [1.165, 1.54) is 17.1 Å². The number of amides is 1. The second-order valence-electron chi connectivity index (χ2n) is 9.17. The summed E-state index contributed by atoms with van der Waals surface area (Å²) in [6.07, 6.45) is 5.43. The Bertz CT molecular complexity index is 1490. The molecule has 0 saturated heterocycles. The van der Waals surface area contributed by atoms with Crippen molar-refractivity contribution in [1.82, 2.24) is 34.9 Å². The minimum absolute atomic E-state index is 0.0419. The van der Waals surface area contributed by atoms with E-state index in [1.54, 1.807) is 33.9 Å². The van der Waals surface area contributed by atoms with Crippen molar-refractivity contribution in [2.75, 3.05) is 6.54 Å². The Morgan fingerprint density at radius 1 is 1.14 bits per heavy atom. The zero-order valence-electron chi connectivity index (χ0n) is 20.8. The van der Waals surface area contributed by atoms with Crippen molar-refractivity contribution in [2.45, 2.75) is 32.7 Å². The van der Waals surface area contributed by atoms with Crippen LogP contribution >= 0.6 is 11.6 Å². The maximum Gasteiger partial charge on any atom is 0.247 e. The van der Waals surface area contributed by atoms with Crippen molar-refractivity contribution < 1.29 is 9.59 Å². The molecule has 0 saturated carbocycles. The summed E-state index contributed by atoms with van der Waals surface area (Å²) < 4.78 is 3.28. The average molecular weight is 516 g/mol. The fourth-order valence-electron chi connectivity index (χ4n) is 4.72. The Labute approximate surface area is 219 Å². The van der Waals surface area contributed by atoms with Crippen molar-refractivity contribution in [2.24, 2.45) is 7.05 Å². The average Bonchev–Trinajstić information content (AvgIpc) is 3.52. The molecule has 0 spiro atoms. The molecule has 3 heterocycles. The van der Waals surface area contributed by atoms with Crippen LogP contribution in [0.5, 0.6) is 0 Å². The molecular weight excluding hydrogens is 490 g/mol. The summed E-state index contributed by atoms with van der Waals surface area (Å²) >= 11 is 6.23. The van der Waals surface area contributed by atoms with Crippen LogP contribution in [0.3, 0.4) is 0 Å². The highest BCUT2D eigenvalue weighted by Crippen LogP contribution is 2.34. The van der Waals surface area contributed by atoms with Crippen LogP contribution < -0.4 is 0 Å². The van der Waals surface area contributed by atoms with E-state index in [0.717, 1.165) is 28.1 Å². The monoisotopic (exact) mass is 515 g/mol. The van der Waals surface area contributed by atoms with Crippen LogP contribution in [0.4, 0.5) is 0 Å². The Morgan fingerprint density at radius 3 is 2.65 bits per heavy atom. The predicted octanol–water partition coefficient (Wildman–Crippen LogP) is 3.62. The number of halogens is 1. The third-order valence-electron chi connectivity index (χ3n) is 6.71. The first-order chi connectivity index (χ1) is 17.8. The molecule has 0 aliphatic carbocycles.